The number of anilines is 2. The van der Waals surface area contributed by atoms with Gasteiger partial charge < -0.3 is 10.6 Å². The van der Waals surface area contributed by atoms with E-state index in [9.17, 15) is 9.59 Å². The smallest absolute Gasteiger partial charge is 0.279 e. The Balaban J connectivity index is 1.69. The van der Waals surface area contributed by atoms with Gasteiger partial charge >= 0.3 is 0 Å². The molecular formula is C27H32N6O2. The van der Waals surface area contributed by atoms with Crippen molar-refractivity contribution in [2.75, 3.05) is 16.3 Å². The average Bonchev–Trinajstić information content (AvgIpc) is 3.21. The van der Waals surface area contributed by atoms with Gasteiger partial charge in [0, 0.05) is 49.2 Å². The summed E-state index contributed by atoms with van der Waals surface area (Å²) in [6.07, 6.45) is 8.45. The normalized spacial score (nSPS) is 19.6. The largest absolute Gasteiger partial charge is 0.338 e. The summed E-state index contributed by atoms with van der Waals surface area (Å²) < 4.78 is 1.59. The van der Waals surface area contributed by atoms with Crippen molar-refractivity contribution in [3.05, 3.63) is 70.3 Å². The van der Waals surface area contributed by atoms with Gasteiger partial charge in [-0.1, -0.05) is 38.0 Å². The lowest BCUT2D eigenvalue weighted by Gasteiger charge is -2.39. The fourth-order valence-electron chi connectivity index (χ4n) is 5.41. The maximum Gasteiger partial charge on any atom is 0.279 e. The number of fused-ring (bicyclic) bond motifs is 1. The van der Waals surface area contributed by atoms with E-state index in [0.29, 0.717) is 29.4 Å². The predicted molar refractivity (Wildman–Crippen MR) is 138 cm³/mol. The van der Waals surface area contributed by atoms with Crippen LogP contribution in [0.15, 0.2) is 53.6 Å². The van der Waals surface area contributed by atoms with Crippen LogP contribution >= 0.6 is 0 Å². The SMILES string of the molecule is CCCN(c1nc(-c2ccncc2)c(N2Cc3ccccc3C2=O)c(=O)n1C)C1CCCCC1N. The first-order chi connectivity index (χ1) is 17.0. The molecule has 3 aromatic rings. The molecule has 3 heterocycles. The minimum Gasteiger partial charge on any atom is -0.338 e. The number of rotatable bonds is 6. The van der Waals surface area contributed by atoms with Crippen LogP contribution in [0.4, 0.5) is 11.6 Å². The zero-order valence-electron chi connectivity index (χ0n) is 20.4. The van der Waals surface area contributed by atoms with E-state index in [1.165, 1.54) is 0 Å². The zero-order chi connectivity index (χ0) is 24.5. The van der Waals surface area contributed by atoms with Gasteiger partial charge in [0.1, 0.15) is 11.4 Å². The number of pyridine rings is 1. The van der Waals surface area contributed by atoms with Gasteiger partial charge in [0.15, 0.2) is 0 Å². The molecule has 1 amide bonds. The number of nitrogens with two attached hydrogens (primary N) is 1. The van der Waals surface area contributed by atoms with Crippen LogP contribution in [0, 0.1) is 0 Å². The fraction of sp³-hybridized carbons (Fsp3) is 0.407. The minimum absolute atomic E-state index is 0.0333. The number of amides is 1. The standard InChI is InChI=1S/C27H32N6O2/c1-3-16-32(22-11-7-6-10-21(22)28)27-30-23(18-12-14-29-15-13-18)24(26(35)31(27)2)33-17-19-8-4-5-9-20(19)25(33)34/h4-5,8-9,12-15,21-22H,3,6-7,10-11,16-17,28H2,1-2H3. The molecule has 2 unspecified atom stereocenters. The van der Waals surface area contributed by atoms with Gasteiger partial charge in [-0.3, -0.25) is 24.0 Å². The molecule has 8 heteroatoms. The summed E-state index contributed by atoms with van der Waals surface area (Å²) in [6.45, 7) is 3.22. The van der Waals surface area contributed by atoms with E-state index in [0.717, 1.165) is 49.8 Å². The van der Waals surface area contributed by atoms with Crippen LogP contribution < -0.4 is 21.1 Å². The molecule has 0 radical (unpaired) electrons. The van der Waals surface area contributed by atoms with Crippen LogP contribution in [0.1, 0.15) is 54.9 Å². The van der Waals surface area contributed by atoms with Crippen LogP contribution in [0.25, 0.3) is 11.3 Å². The van der Waals surface area contributed by atoms with Crippen LogP contribution in [0.3, 0.4) is 0 Å². The summed E-state index contributed by atoms with van der Waals surface area (Å²) in [7, 11) is 1.75. The Labute approximate surface area is 205 Å². The quantitative estimate of drug-likeness (QED) is 0.590. The van der Waals surface area contributed by atoms with E-state index in [4.69, 9.17) is 10.7 Å². The Hall–Kier alpha value is -3.52. The van der Waals surface area contributed by atoms with Crippen molar-refractivity contribution in [3.63, 3.8) is 0 Å². The van der Waals surface area contributed by atoms with Crippen molar-refractivity contribution in [1.29, 1.82) is 0 Å². The van der Waals surface area contributed by atoms with Crippen LogP contribution in [0.5, 0.6) is 0 Å². The molecule has 35 heavy (non-hydrogen) atoms. The molecule has 1 aliphatic carbocycles. The second-order valence-electron chi connectivity index (χ2n) is 9.47. The van der Waals surface area contributed by atoms with E-state index in [1.54, 1.807) is 28.9 Å². The first-order valence-electron chi connectivity index (χ1n) is 12.4. The Bertz CT molecular complexity index is 1290. The van der Waals surface area contributed by atoms with Gasteiger partial charge in [0.2, 0.25) is 5.95 Å². The Morgan fingerprint density at radius 2 is 1.83 bits per heavy atom. The number of hydrogen-bond donors (Lipinski definition) is 1. The van der Waals surface area contributed by atoms with Crippen molar-refractivity contribution in [2.24, 2.45) is 12.8 Å². The summed E-state index contributed by atoms with van der Waals surface area (Å²) in [5, 5.41) is 0. The summed E-state index contributed by atoms with van der Waals surface area (Å²) in [5.41, 5.74) is 9.40. The maximum absolute atomic E-state index is 14.0. The second kappa shape index (κ2) is 9.62. The third kappa shape index (κ3) is 4.12. The Morgan fingerprint density at radius 3 is 2.54 bits per heavy atom. The summed E-state index contributed by atoms with van der Waals surface area (Å²) in [4.78, 5) is 40.4. The van der Waals surface area contributed by atoms with Gasteiger partial charge in [-0.15, -0.1) is 0 Å². The number of carbonyl (C=O) groups excluding carboxylic acids is 1. The Morgan fingerprint density at radius 1 is 1.09 bits per heavy atom. The molecular weight excluding hydrogens is 440 g/mol. The molecule has 1 fully saturated rings. The highest BCUT2D eigenvalue weighted by Gasteiger charge is 2.35. The van der Waals surface area contributed by atoms with Crippen molar-refractivity contribution in [1.82, 2.24) is 14.5 Å². The lowest BCUT2D eigenvalue weighted by atomic mass is 9.90. The van der Waals surface area contributed by atoms with E-state index in [-0.39, 0.29) is 23.6 Å². The Kier molecular flexibility index (Phi) is 6.38. The fourth-order valence-corrected chi connectivity index (χ4v) is 5.41. The number of benzene rings is 1. The summed E-state index contributed by atoms with van der Waals surface area (Å²) in [5.74, 6) is 0.418. The molecule has 2 atom stereocenters. The third-order valence-electron chi connectivity index (χ3n) is 7.19. The van der Waals surface area contributed by atoms with E-state index in [1.807, 2.05) is 36.4 Å². The van der Waals surface area contributed by atoms with E-state index >= 15 is 0 Å². The lowest BCUT2D eigenvalue weighted by molar-refractivity contribution is 0.0996. The molecule has 1 aromatic carbocycles. The monoisotopic (exact) mass is 472 g/mol. The first kappa shape index (κ1) is 23.2. The van der Waals surface area contributed by atoms with Crippen molar-refractivity contribution >= 4 is 17.5 Å². The molecule has 2 N–H and O–H groups in total. The second-order valence-corrected chi connectivity index (χ2v) is 9.47. The van der Waals surface area contributed by atoms with Gasteiger partial charge in [-0.05, 0) is 43.0 Å². The number of nitrogens with zero attached hydrogens (tertiary/aromatic N) is 5. The maximum atomic E-state index is 14.0. The average molecular weight is 473 g/mol. The number of carbonyl (C=O) groups is 1. The van der Waals surface area contributed by atoms with Crippen molar-refractivity contribution in [3.8, 4) is 11.3 Å². The highest BCUT2D eigenvalue weighted by molar-refractivity contribution is 6.11. The minimum atomic E-state index is -0.242. The van der Waals surface area contributed by atoms with Crippen LogP contribution in [-0.2, 0) is 13.6 Å². The lowest BCUT2D eigenvalue weighted by Crippen LogP contribution is -2.52. The molecule has 1 aliphatic heterocycles. The van der Waals surface area contributed by atoms with Crippen molar-refractivity contribution < 1.29 is 4.79 Å². The van der Waals surface area contributed by atoms with Crippen LogP contribution in [0.2, 0.25) is 0 Å². The first-order valence-corrected chi connectivity index (χ1v) is 12.4. The van der Waals surface area contributed by atoms with E-state index < -0.39 is 0 Å². The van der Waals surface area contributed by atoms with Gasteiger partial charge in [0.05, 0.1) is 6.54 Å². The molecule has 5 rings (SSSR count). The van der Waals surface area contributed by atoms with Gasteiger partial charge in [-0.25, -0.2) is 4.98 Å². The summed E-state index contributed by atoms with van der Waals surface area (Å²) in [6, 6.07) is 11.3. The van der Waals surface area contributed by atoms with Crippen LogP contribution in [-0.4, -0.2) is 39.1 Å². The number of aromatic nitrogens is 3. The summed E-state index contributed by atoms with van der Waals surface area (Å²) >= 11 is 0. The molecule has 8 nitrogen and oxygen atoms in total. The zero-order valence-corrected chi connectivity index (χ0v) is 20.4. The number of hydrogen-bond acceptors (Lipinski definition) is 6. The molecule has 0 saturated heterocycles. The third-order valence-corrected chi connectivity index (χ3v) is 7.19. The molecule has 182 valence electrons. The topological polar surface area (TPSA) is 97.4 Å². The molecule has 0 bridgehead atoms. The molecule has 1 saturated carbocycles. The van der Waals surface area contributed by atoms with Gasteiger partial charge in [0.25, 0.3) is 11.5 Å². The van der Waals surface area contributed by atoms with E-state index in [2.05, 4.69) is 16.8 Å². The molecule has 2 aliphatic rings. The van der Waals surface area contributed by atoms with Gasteiger partial charge in [-0.2, -0.15) is 0 Å². The highest BCUT2D eigenvalue weighted by Crippen LogP contribution is 2.34. The predicted octanol–water partition coefficient (Wildman–Crippen LogP) is 3.49. The highest BCUT2D eigenvalue weighted by atomic mass is 16.2. The van der Waals surface area contributed by atoms with Crippen molar-refractivity contribution in [2.45, 2.75) is 57.7 Å². The molecule has 2 aromatic heterocycles. The molecule has 0 spiro atoms.